The fourth-order valence-corrected chi connectivity index (χ4v) is 4.40. The Kier molecular flexibility index (Phi) is 7.19. The lowest BCUT2D eigenvalue weighted by atomic mass is 9.85. The first-order chi connectivity index (χ1) is 16.4. The number of aliphatic hydroxyl groups excluding tert-OH is 2. The lowest BCUT2D eigenvalue weighted by molar-refractivity contribution is 0.0912. The van der Waals surface area contributed by atoms with Crippen LogP contribution in [0.3, 0.4) is 0 Å². The topological polar surface area (TPSA) is 121 Å². The molecular formula is C26H29FN4O3. The Morgan fingerprint density at radius 3 is 2.65 bits per heavy atom. The summed E-state index contributed by atoms with van der Waals surface area (Å²) in [5.41, 5.74) is 9.18. The van der Waals surface area contributed by atoms with Gasteiger partial charge in [-0.2, -0.15) is 0 Å². The van der Waals surface area contributed by atoms with Gasteiger partial charge in [-0.3, -0.25) is 4.79 Å². The summed E-state index contributed by atoms with van der Waals surface area (Å²) in [7, 11) is 0. The molecule has 4 rings (SSSR count). The van der Waals surface area contributed by atoms with Crippen molar-refractivity contribution in [1.82, 2.24) is 15.3 Å². The van der Waals surface area contributed by atoms with Crippen molar-refractivity contribution in [2.45, 2.75) is 50.7 Å². The summed E-state index contributed by atoms with van der Waals surface area (Å²) in [6.07, 6.45) is 4.39. The highest BCUT2D eigenvalue weighted by atomic mass is 19.1. The number of halogens is 1. The second-order valence-corrected chi connectivity index (χ2v) is 8.85. The number of anilines is 1. The fraction of sp³-hybridized carbons (Fsp3) is 0.346. The summed E-state index contributed by atoms with van der Waals surface area (Å²) >= 11 is 0. The van der Waals surface area contributed by atoms with Crippen LogP contribution in [0, 0.1) is 12.7 Å². The van der Waals surface area contributed by atoms with Crippen LogP contribution < -0.4 is 11.1 Å². The lowest BCUT2D eigenvalue weighted by Crippen LogP contribution is -2.31. The van der Waals surface area contributed by atoms with Gasteiger partial charge < -0.3 is 21.3 Å². The van der Waals surface area contributed by atoms with E-state index >= 15 is 0 Å². The van der Waals surface area contributed by atoms with E-state index in [1.54, 1.807) is 18.3 Å². The third kappa shape index (κ3) is 5.24. The van der Waals surface area contributed by atoms with E-state index in [0.29, 0.717) is 24.1 Å². The molecule has 1 heterocycles. The van der Waals surface area contributed by atoms with E-state index in [1.165, 1.54) is 12.1 Å². The van der Waals surface area contributed by atoms with Crippen molar-refractivity contribution < 1.29 is 19.4 Å². The second-order valence-electron chi connectivity index (χ2n) is 8.85. The molecule has 34 heavy (non-hydrogen) atoms. The average Bonchev–Trinajstić information content (AvgIpc) is 2.83. The first kappa shape index (κ1) is 23.8. The highest BCUT2D eigenvalue weighted by molar-refractivity contribution is 5.95. The Labute approximate surface area is 197 Å². The number of hydrogen-bond donors (Lipinski definition) is 4. The molecule has 0 bridgehead atoms. The zero-order chi connectivity index (χ0) is 24.2. The van der Waals surface area contributed by atoms with E-state index in [9.17, 15) is 19.4 Å². The van der Waals surface area contributed by atoms with Crippen LogP contribution in [0.5, 0.6) is 0 Å². The van der Waals surface area contributed by atoms with E-state index in [2.05, 4.69) is 15.3 Å². The second kappa shape index (κ2) is 10.3. The minimum Gasteiger partial charge on any atom is -0.394 e. The molecule has 5 N–H and O–H groups in total. The molecule has 1 amide bonds. The summed E-state index contributed by atoms with van der Waals surface area (Å²) in [5, 5.41) is 22.2. The van der Waals surface area contributed by atoms with Gasteiger partial charge in [0.25, 0.3) is 5.91 Å². The van der Waals surface area contributed by atoms with Crippen molar-refractivity contribution in [3.8, 4) is 11.3 Å². The fourth-order valence-electron chi connectivity index (χ4n) is 4.40. The molecule has 2 aromatic carbocycles. The summed E-state index contributed by atoms with van der Waals surface area (Å²) in [6.45, 7) is 1.60. The summed E-state index contributed by atoms with van der Waals surface area (Å²) in [6, 6.07) is 11.0. The third-order valence-electron chi connectivity index (χ3n) is 6.35. The van der Waals surface area contributed by atoms with Crippen LogP contribution in [-0.4, -0.2) is 38.8 Å². The minimum absolute atomic E-state index is 0.140. The standard InChI is InChI=1S/C26H29FN4O3/c1-15-3-2-4-17(11-15)23(14-32)31-26(34)20-10-7-18(12-21(20)27)24-25(28)29-13-22(30-24)16-5-8-19(33)9-6-16/h2-4,7,10-13,16,19,23,32-33H,5-6,8-9,14H2,1H3,(H2,28,29)(H,31,34). The number of aryl methyl sites for hydroxylation is 1. The molecule has 0 saturated heterocycles. The number of nitrogen functional groups attached to an aromatic ring is 1. The number of nitrogens with zero attached hydrogens (tertiary/aromatic N) is 2. The highest BCUT2D eigenvalue weighted by Crippen LogP contribution is 2.34. The van der Waals surface area contributed by atoms with Gasteiger partial charge in [-0.25, -0.2) is 14.4 Å². The van der Waals surface area contributed by atoms with Crippen LogP contribution in [0.25, 0.3) is 11.3 Å². The number of hydrogen-bond acceptors (Lipinski definition) is 6. The Morgan fingerprint density at radius 1 is 1.21 bits per heavy atom. The maximum absolute atomic E-state index is 15.0. The molecule has 0 aliphatic heterocycles. The molecule has 7 nitrogen and oxygen atoms in total. The van der Waals surface area contributed by atoms with Crippen molar-refractivity contribution in [3.05, 3.63) is 76.9 Å². The monoisotopic (exact) mass is 464 g/mol. The molecule has 1 aromatic heterocycles. The van der Waals surface area contributed by atoms with Gasteiger partial charge in [-0.1, -0.05) is 35.9 Å². The van der Waals surface area contributed by atoms with Gasteiger partial charge in [0.15, 0.2) is 0 Å². The molecule has 178 valence electrons. The molecular weight excluding hydrogens is 435 g/mol. The molecule has 0 radical (unpaired) electrons. The zero-order valence-corrected chi connectivity index (χ0v) is 19.0. The van der Waals surface area contributed by atoms with Crippen LogP contribution in [0.4, 0.5) is 10.2 Å². The average molecular weight is 465 g/mol. The SMILES string of the molecule is Cc1cccc(C(CO)NC(=O)c2ccc(-c3nc(C4CCC(O)CC4)cnc3N)cc2F)c1. The van der Waals surface area contributed by atoms with Gasteiger partial charge in [-0.05, 0) is 50.3 Å². The van der Waals surface area contributed by atoms with Crippen molar-refractivity contribution in [2.24, 2.45) is 0 Å². The van der Waals surface area contributed by atoms with E-state index in [1.807, 2.05) is 25.1 Å². The summed E-state index contributed by atoms with van der Waals surface area (Å²) in [5.74, 6) is -1.00. The van der Waals surface area contributed by atoms with Gasteiger partial charge in [-0.15, -0.1) is 0 Å². The number of nitrogens with two attached hydrogens (primary N) is 1. The van der Waals surface area contributed by atoms with E-state index in [-0.39, 0.29) is 30.0 Å². The van der Waals surface area contributed by atoms with Gasteiger partial charge in [0.05, 0.1) is 36.2 Å². The quantitative estimate of drug-likeness (QED) is 0.442. The molecule has 0 spiro atoms. The van der Waals surface area contributed by atoms with Gasteiger partial charge >= 0.3 is 0 Å². The number of aliphatic hydroxyl groups is 2. The van der Waals surface area contributed by atoms with Crippen LogP contribution in [-0.2, 0) is 0 Å². The Bertz CT molecular complexity index is 1180. The lowest BCUT2D eigenvalue weighted by Gasteiger charge is -2.25. The van der Waals surface area contributed by atoms with Crippen molar-refractivity contribution in [2.75, 3.05) is 12.3 Å². The molecule has 1 aliphatic rings. The van der Waals surface area contributed by atoms with Crippen LogP contribution in [0.15, 0.2) is 48.7 Å². The Balaban J connectivity index is 1.55. The van der Waals surface area contributed by atoms with Crippen molar-refractivity contribution in [1.29, 1.82) is 0 Å². The molecule has 3 aromatic rings. The predicted molar refractivity (Wildman–Crippen MR) is 128 cm³/mol. The van der Waals surface area contributed by atoms with E-state index < -0.39 is 17.8 Å². The summed E-state index contributed by atoms with van der Waals surface area (Å²) < 4.78 is 15.0. The molecule has 1 unspecified atom stereocenters. The number of amides is 1. The number of aromatic nitrogens is 2. The Morgan fingerprint density at radius 2 is 1.97 bits per heavy atom. The maximum atomic E-state index is 15.0. The first-order valence-electron chi connectivity index (χ1n) is 11.4. The van der Waals surface area contributed by atoms with Gasteiger partial charge in [0.1, 0.15) is 17.3 Å². The first-order valence-corrected chi connectivity index (χ1v) is 11.4. The maximum Gasteiger partial charge on any atom is 0.254 e. The number of carbonyl (C=O) groups is 1. The minimum atomic E-state index is -0.719. The van der Waals surface area contributed by atoms with Gasteiger partial charge in [0, 0.05) is 11.5 Å². The van der Waals surface area contributed by atoms with Crippen molar-refractivity contribution >= 4 is 11.7 Å². The van der Waals surface area contributed by atoms with Crippen molar-refractivity contribution in [3.63, 3.8) is 0 Å². The number of carbonyl (C=O) groups excluding carboxylic acids is 1. The molecule has 1 atom stereocenters. The predicted octanol–water partition coefficient (Wildman–Crippen LogP) is 3.66. The largest absolute Gasteiger partial charge is 0.394 e. The molecule has 1 saturated carbocycles. The normalized spacial score (nSPS) is 18.9. The van der Waals surface area contributed by atoms with E-state index in [0.717, 1.165) is 29.7 Å². The van der Waals surface area contributed by atoms with Crippen LogP contribution >= 0.6 is 0 Å². The number of nitrogens with one attached hydrogen (secondary N) is 1. The van der Waals surface area contributed by atoms with Crippen LogP contribution in [0.2, 0.25) is 0 Å². The number of benzene rings is 2. The number of rotatable bonds is 6. The third-order valence-corrected chi connectivity index (χ3v) is 6.35. The molecule has 8 heteroatoms. The highest BCUT2D eigenvalue weighted by Gasteiger charge is 2.24. The summed E-state index contributed by atoms with van der Waals surface area (Å²) in [4.78, 5) is 21.7. The Hall–Kier alpha value is -3.36. The van der Waals surface area contributed by atoms with Gasteiger partial charge in [0.2, 0.25) is 0 Å². The van der Waals surface area contributed by atoms with Crippen LogP contribution in [0.1, 0.15) is 64.8 Å². The molecule has 1 aliphatic carbocycles. The smallest absolute Gasteiger partial charge is 0.254 e. The zero-order valence-electron chi connectivity index (χ0n) is 19.0. The van der Waals surface area contributed by atoms with E-state index in [4.69, 9.17) is 5.73 Å². The molecule has 1 fully saturated rings.